The average Bonchev–Trinajstić information content (AvgIpc) is 3.29. The number of esters is 1. The van der Waals surface area contributed by atoms with E-state index in [1.54, 1.807) is 38.1 Å². The average molecular weight is 414 g/mol. The highest BCUT2D eigenvalue weighted by molar-refractivity contribution is 7.17. The number of aromatic hydroxyl groups is 1. The third-order valence-electron chi connectivity index (χ3n) is 4.09. The molecule has 0 aliphatic rings. The van der Waals surface area contributed by atoms with Gasteiger partial charge in [0, 0.05) is 5.56 Å². The van der Waals surface area contributed by atoms with Crippen LogP contribution < -0.4 is 5.32 Å². The number of nitrogens with zero attached hydrogens (tertiary/aromatic N) is 2. The zero-order chi connectivity index (χ0) is 21.1. The number of H-pyrrole nitrogens is 1. The molecule has 8 nitrogen and oxygen atoms in total. The van der Waals surface area contributed by atoms with Gasteiger partial charge in [0.25, 0.3) is 5.91 Å². The van der Waals surface area contributed by atoms with Crippen LogP contribution in [0.1, 0.15) is 45.3 Å². The van der Waals surface area contributed by atoms with Crippen molar-refractivity contribution in [2.75, 3.05) is 11.9 Å². The Kier molecular flexibility index (Phi) is 5.97. The molecule has 0 fully saturated rings. The van der Waals surface area contributed by atoms with Gasteiger partial charge in [0.1, 0.15) is 16.3 Å². The number of ether oxygens (including phenoxy) is 1. The summed E-state index contributed by atoms with van der Waals surface area (Å²) in [7, 11) is 0. The molecule has 0 radical (unpaired) electrons. The van der Waals surface area contributed by atoms with Crippen LogP contribution in [0, 0.1) is 19.8 Å². The summed E-state index contributed by atoms with van der Waals surface area (Å²) in [5.74, 6) is -0.556. The molecule has 2 aromatic heterocycles. The molecule has 9 heteroatoms. The van der Waals surface area contributed by atoms with Crippen molar-refractivity contribution in [3.63, 3.8) is 0 Å². The molecule has 3 rings (SSSR count). The van der Waals surface area contributed by atoms with E-state index in [0.29, 0.717) is 39.1 Å². The Labute approximate surface area is 172 Å². The topological polar surface area (TPSA) is 117 Å². The Morgan fingerprint density at radius 1 is 1.31 bits per heavy atom. The highest BCUT2D eigenvalue weighted by Crippen LogP contribution is 2.31. The molecule has 0 unspecified atom stereocenters. The number of aromatic amines is 1. The van der Waals surface area contributed by atoms with Crippen molar-refractivity contribution >= 4 is 28.3 Å². The first-order valence-corrected chi connectivity index (χ1v) is 9.88. The molecule has 2 heterocycles. The predicted molar refractivity (Wildman–Crippen MR) is 110 cm³/mol. The molecule has 0 bridgehead atoms. The van der Waals surface area contributed by atoms with Gasteiger partial charge in [0.2, 0.25) is 0 Å². The number of anilines is 1. The number of para-hydroxylation sites is 1. The number of carbonyl (C=O) groups is 2. The van der Waals surface area contributed by atoms with E-state index < -0.39 is 11.9 Å². The lowest BCUT2D eigenvalue weighted by molar-refractivity contribution is 0.0463. The van der Waals surface area contributed by atoms with Crippen molar-refractivity contribution in [2.45, 2.75) is 27.7 Å². The number of benzene rings is 1. The summed E-state index contributed by atoms with van der Waals surface area (Å²) in [6, 6.07) is 6.85. The number of rotatable bonds is 6. The molecular weight excluding hydrogens is 392 g/mol. The van der Waals surface area contributed by atoms with Gasteiger partial charge in [-0.2, -0.15) is 5.10 Å². The summed E-state index contributed by atoms with van der Waals surface area (Å²) in [4.78, 5) is 29.3. The van der Waals surface area contributed by atoms with Crippen molar-refractivity contribution in [3.05, 3.63) is 46.1 Å². The van der Waals surface area contributed by atoms with Gasteiger partial charge in [-0.3, -0.25) is 15.2 Å². The number of aromatic nitrogens is 3. The number of nitrogens with one attached hydrogen (secondary N) is 2. The molecule has 0 atom stereocenters. The van der Waals surface area contributed by atoms with E-state index in [1.807, 2.05) is 13.8 Å². The zero-order valence-electron chi connectivity index (χ0n) is 16.6. The predicted octanol–water partition coefficient (Wildman–Crippen LogP) is 3.92. The van der Waals surface area contributed by atoms with Gasteiger partial charge in [0.15, 0.2) is 5.13 Å². The summed E-state index contributed by atoms with van der Waals surface area (Å²) >= 11 is 1.06. The first-order chi connectivity index (χ1) is 13.8. The molecule has 29 heavy (non-hydrogen) atoms. The highest BCUT2D eigenvalue weighted by atomic mass is 32.1. The number of amides is 1. The summed E-state index contributed by atoms with van der Waals surface area (Å²) in [6.45, 7) is 7.70. The van der Waals surface area contributed by atoms with E-state index in [0.717, 1.165) is 11.3 Å². The zero-order valence-corrected chi connectivity index (χ0v) is 17.4. The Bertz CT molecular complexity index is 1050. The Morgan fingerprint density at radius 3 is 2.79 bits per heavy atom. The molecule has 0 spiro atoms. The summed E-state index contributed by atoms with van der Waals surface area (Å²) in [5.41, 5.74) is 2.39. The highest BCUT2D eigenvalue weighted by Gasteiger charge is 2.20. The monoisotopic (exact) mass is 414 g/mol. The van der Waals surface area contributed by atoms with E-state index in [1.165, 1.54) is 0 Å². The second-order valence-corrected chi connectivity index (χ2v) is 8.02. The third kappa shape index (κ3) is 4.62. The molecular formula is C20H22N4O4S. The molecule has 3 N–H and O–H groups in total. The first kappa shape index (κ1) is 20.5. The van der Waals surface area contributed by atoms with Crippen LogP contribution in [0.2, 0.25) is 0 Å². The fraction of sp³-hybridized carbons (Fsp3) is 0.300. The van der Waals surface area contributed by atoms with Crippen molar-refractivity contribution in [3.8, 4) is 17.0 Å². The molecule has 152 valence electrons. The minimum absolute atomic E-state index is 0.117. The van der Waals surface area contributed by atoms with Crippen molar-refractivity contribution in [1.82, 2.24) is 15.2 Å². The largest absolute Gasteiger partial charge is 0.507 e. The van der Waals surface area contributed by atoms with Crippen LogP contribution in [-0.4, -0.2) is 38.8 Å². The third-order valence-corrected chi connectivity index (χ3v) is 5.14. The van der Waals surface area contributed by atoms with E-state index in [-0.39, 0.29) is 17.4 Å². The Morgan fingerprint density at radius 2 is 2.07 bits per heavy atom. The van der Waals surface area contributed by atoms with Gasteiger partial charge in [-0.1, -0.05) is 37.3 Å². The van der Waals surface area contributed by atoms with Gasteiger partial charge < -0.3 is 9.84 Å². The van der Waals surface area contributed by atoms with E-state index in [2.05, 4.69) is 20.5 Å². The number of aryl methyl sites for hydroxylation is 2. The van der Waals surface area contributed by atoms with Crippen molar-refractivity contribution < 1.29 is 19.4 Å². The molecule has 0 aliphatic carbocycles. The van der Waals surface area contributed by atoms with Crippen LogP contribution >= 0.6 is 11.3 Å². The molecule has 0 saturated heterocycles. The van der Waals surface area contributed by atoms with Crippen LogP contribution in [-0.2, 0) is 4.74 Å². The van der Waals surface area contributed by atoms with Gasteiger partial charge >= 0.3 is 5.97 Å². The lowest BCUT2D eigenvalue weighted by Crippen LogP contribution is -2.12. The van der Waals surface area contributed by atoms with Crippen LogP contribution in [0.5, 0.6) is 5.75 Å². The molecule has 3 aromatic rings. The van der Waals surface area contributed by atoms with E-state index in [4.69, 9.17) is 4.74 Å². The second kappa shape index (κ2) is 8.44. The fourth-order valence-corrected chi connectivity index (χ4v) is 3.41. The number of carbonyl (C=O) groups excluding carboxylic acids is 2. The smallest absolute Gasteiger partial charge is 0.350 e. The summed E-state index contributed by atoms with van der Waals surface area (Å²) in [5, 5.41) is 19.9. The lowest BCUT2D eigenvalue weighted by atomic mass is 10.1. The first-order valence-electron chi connectivity index (χ1n) is 9.06. The minimum atomic E-state index is -0.452. The number of phenols is 1. The second-order valence-electron chi connectivity index (χ2n) is 7.02. The standard InChI is InChI=1S/C20H22N4O4S/c1-10(2)9-28-19(27)17-12(4)21-20(29-17)22-18(26)15-8-14(23-24-15)13-7-5-6-11(3)16(13)25/h5-8,10,25H,9H2,1-4H3,(H,23,24)(H,21,22,26). The number of thiazole rings is 1. The van der Waals surface area contributed by atoms with Gasteiger partial charge in [-0.05, 0) is 37.5 Å². The maximum Gasteiger partial charge on any atom is 0.350 e. The number of hydrogen-bond acceptors (Lipinski definition) is 7. The molecule has 0 saturated carbocycles. The van der Waals surface area contributed by atoms with Crippen LogP contribution in [0.25, 0.3) is 11.3 Å². The summed E-state index contributed by atoms with van der Waals surface area (Å²) in [6.07, 6.45) is 0. The van der Waals surface area contributed by atoms with E-state index >= 15 is 0 Å². The Hall–Kier alpha value is -3.20. The maximum absolute atomic E-state index is 12.5. The number of hydrogen-bond donors (Lipinski definition) is 3. The quantitative estimate of drug-likeness (QED) is 0.526. The van der Waals surface area contributed by atoms with E-state index in [9.17, 15) is 14.7 Å². The molecule has 1 aromatic carbocycles. The summed E-state index contributed by atoms with van der Waals surface area (Å²) < 4.78 is 5.23. The van der Waals surface area contributed by atoms with Gasteiger partial charge in [-0.15, -0.1) is 0 Å². The van der Waals surface area contributed by atoms with Crippen LogP contribution in [0.15, 0.2) is 24.3 Å². The van der Waals surface area contributed by atoms with Gasteiger partial charge in [-0.25, -0.2) is 9.78 Å². The van der Waals surface area contributed by atoms with Crippen LogP contribution in [0.3, 0.4) is 0 Å². The lowest BCUT2D eigenvalue weighted by Gasteiger charge is -2.05. The Balaban J connectivity index is 1.73. The maximum atomic E-state index is 12.5. The van der Waals surface area contributed by atoms with Crippen molar-refractivity contribution in [2.24, 2.45) is 5.92 Å². The molecule has 0 aliphatic heterocycles. The fourth-order valence-electron chi connectivity index (χ4n) is 2.55. The number of phenolic OH excluding ortho intramolecular Hbond substituents is 1. The molecule has 1 amide bonds. The SMILES string of the molecule is Cc1cccc(-c2cc(C(=O)Nc3nc(C)c(C(=O)OCC(C)C)s3)[nH]n2)c1O. The van der Waals surface area contributed by atoms with Crippen molar-refractivity contribution in [1.29, 1.82) is 0 Å². The minimum Gasteiger partial charge on any atom is -0.507 e. The van der Waals surface area contributed by atoms with Crippen LogP contribution in [0.4, 0.5) is 5.13 Å². The van der Waals surface area contributed by atoms with Gasteiger partial charge in [0.05, 0.1) is 18.0 Å². The normalized spacial score (nSPS) is 10.9.